The molecular formula is C21H26N2O4S. The predicted octanol–water partition coefficient (Wildman–Crippen LogP) is 3.52. The molecule has 2 aromatic carbocycles. The third kappa shape index (κ3) is 4.98. The molecule has 0 aliphatic carbocycles. The molecule has 150 valence electrons. The Bertz CT molecular complexity index is 918. The van der Waals surface area contributed by atoms with Crippen molar-refractivity contribution in [3.63, 3.8) is 0 Å². The SMILES string of the molecule is CC(C)c1ccccc1NC(=O)c1ccc(S(=O)(=O)NC[C@H]2CCCO2)cc1. The molecule has 1 atom stereocenters. The van der Waals surface area contributed by atoms with E-state index in [0.29, 0.717) is 12.2 Å². The van der Waals surface area contributed by atoms with Crippen molar-refractivity contribution in [3.8, 4) is 0 Å². The van der Waals surface area contributed by atoms with E-state index in [1.807, 2.05) is 24.3 Å². The minimum Gasteiger partial charge on any atom is -0.377 e. The summed E-state index contributed by atoms with van der Waals surface area (Å²) in [6.45, 7) is 5.06. The van der Waals surface area contributed by atoms with Crippen molar-refractivity contribution in [3.05, 3.63) is 59.7 Å². The maximum Gasteiger partial charge on any atom is 0.255 e. The topological polar surface area (TPSA) is 84.5 Å². The Labute approximate surface area is 166 Å². The van der Waals surface area contributed by atoms with Gasteiger partial charge in [-0.1, -0.05) is 32.0 Å². The van der Waals surface area contributed by atoms with Crippen LogP contribution in [0.5, 0.6) is 0 Å². The van der Waals surface area contributed by atoms with E-state index in [0.717, 1.165) is 24.1 Å². The lowest BCUT2D eigenvalue weighted by Gasteiger charge is -2.14. The van der Waals surface area contributed by atoms with Crippen LogP contribution in [0.15, 0.2) is 53.4 Å². The molecule has 2 N–H and O–H groups in total. The Hall–Kier alpha value is -2.22. The minimum atomic E-state index is -3.63. The standard InChI is InChI=1S/C21H26N2O4S/c1-15(2)19-7-3-4-8-20(19)23-21(24)16-9-11-18(12-10-16)28(25,26)22-14-17-6-5-13-27-17/h3-4,7-12,15,17,22H,5-6,13-14H2,1-2H3,(H,23,24)/t17-/m1/s1. The van der Waals surface area contributed by atoms with E-state index in [4.69, 9.17) is 4.74 Å². The first kappa shape index (κ1) is 20.5. The van der Waals surface area contributed by atoms with E-state index < -0.39 is 10.0 Å². The van der Waals surface area contributed by atoms with E-state index in [1.165, 1.54) is 24.3 Å². The highest BCUT2D eigenvalue weighted by molar-refractivity contribution is 7.89. The molecule has 1 heterocycles. The van der Waals surface area contributed by atoms with Crippen molar-refractivity contribution >= 4 is 21.6 Å². The number of anilines is 1. The summed E-state index contributed by atoms with van der Waals surface area (Å²) in [5.74, 6) is 0.00306. The van der Waals surface area contributed by atoms with Crippen LogP contribution in [-0.4, -0.2) is 33.6 Å². The van der Waals surface area contributed by atoms with E-state index in [1.54, 1.807) is 0 Å². The molecule has 1 amide bonds. The zero-order valence-corrected chi connectivity index (χ0v) is 17.0. The highest BCUT2D eigenvalue weighted by Crippen LogP contribution is 2.24. The summed E-state index contributed by atoms with van der Waals surface area (Å²) in [6.07, 6.45) is 1.75. The molecule has 1 aliphatic heterocycles. The fourth-order valence-corrected chi connectivity index (χ4v) is 4.25. The summed E-state index contributed by atoms with van der Waals surface area (Å²) in [4.78, 5) is 12.7. The molecule has 0 radical (unpaired) electrons. The Kier molecular flexibility index (Phi) is 6.49. The summed E-state index contributed by atoms with van der Waals surface area (Å²) < 4.78 is 32.8. The molecular weight excluding hydrogens is 376 g/mol. The second kappa shape index (κ2) is 8.86. The molecule has 3 rings (SSSR count). The zero-order valence-electron chi connectivity index (χ0n) is 16.1. The van der Waals surface area contributed by atoms with Crippen LogP contribution < -0.4 is 10.0 Å². The number of hydrogen-bond acceptors (Lipinski definition) is 4. The molecule has 2 aromatic rings. The summed E-state index contributed by atoms with van der Waals surface area (Å²) in [7, 11) is -3.63. The van der Waals surface area contributed by atoms with Crippen molar-refractivity contribution in [1.82, 2.24) is 4.72 Å². The number of rotatable bonds is 7. The van der Waals surface area contributed by atoms with Crippen LogP contribution in [0.1, 0.15) is 48.5 Å². The van der Waals surface area contributed by atoms with Gasteiger partial charge < -0.3 is 10.1 Å². The lowest BCUT2D eigenvalue weighted by Crippen LogP contribution is -2.31. The van der Waals surface area contributed by atoms with Gasteiger partial charge in [-0.25, -0.2) is 13.1 Å². The van der Waals surface area contributed by atoms with Crippen molar-refractivity contribution in [2.24, 2.45) is 0 Å². The Morgan fingerprint density at radius 3 is 2.50 bits per heavy atom. The molecule has 1 saturated heterocycles. The van der Waals surface area contributed by atoms with Crippen LogP contribution in [0.4, 0.5) is 5.69 Å². The summed E-state index contributed by atoms with van der Waals surface area (Å²) in [5.41, 5.74) is 2.21. The van der Waals surface area contributed by atoms with Gasteiger partial charge in [-0.05, 0) is 54.7 Å². The first-order valence-corrected chi connectivity index (χ1v) is 11.0. The van der Waals surface area contributed by atoms with Crippen LogP contribution in [0.3, 0.4) is 0 Å². The van der Waals surface area contributed by atoms with Crippen molar-refractivity contribution < 1.29 is 17.9 Å². The Morgan fingerprint density at radius 2 is 1.86 bits per heavy atom. The van der Waals surface area contributed by atoms with Crippen molar-refractivity contribution in [1.29, 1.82) is 0 Å². The van der Waals surface area contributed by atoms with E-state index >= 15 is 0 Å². The van der Waals surface area contributed by atoms with Crippen molar-refractivity contribution in [2.75, 3.05) is 18.5 Å². The summed E-state index contributed by atoms with van der Waals surface area (Å²) in [5, 5.41) is 2.91. The third-order valence-corrected chi connectivity index (χ3v) is 6.22. The number of benzene rings is 2. The van der Waals surface area contributed by atoms with E-state index in [9.17, 15) is 13.2 Å². The van der Waals surface area contributed by atoms with E-state index in [2.05, 4.69) is 23.9 Å². The number of carbonyl (C=O) groups excluding carboxylic acids is 1. The van der Waals surface area contributed by atoms with Crippen LogP contribution in [-0.2, 0) is 14.8 Å². The normalized spacial score (nSPS) is 17.0. The number of nitrogens with one attached hydrogen (secondary N) is 2. The number of ether oxygens (including phenoxy) is 1. The Morgan fingerprint density at radius 1 is 1.14 bits per heavy atom. The number of carbonyl (C=O) groups is 1. The van der Waals surface area contributed by atoms with Crippen LogP contribution in [0.2, 0.25) is 0 Å². The van der Waals surface area contributed by atoms with Gasteiger partial charge in [-0.2, -0.15) is 0 Å². The second-order valence-corrected chi connectivity index (χ2v) is 8.97. The molecule has 7 heteroatoms. The number of amides is 1. The smallest absolute Gasteiger partial charge is 0.255 e. The van der Waals surface area contributed by atoms with Gasteiger partial charge in [-0.3, -0.25) is 4.79 Å². The van der Waals surface area contributed by atoms with E-state index in [-0.39, 0.29) is 29.4 Å². The largest absolute Gasteiger partial charge is 0.377 e. The van der Waals surface area contributed by atoms with Gasteiger partial charge in [0, 0.05) is 24.4 Å². The Balaban J connectivity index is 1.67. The lowest BCUT2D eigenvalue weighted by molar-refractivity contribution is 0.102. The quantitative estimate of drug-likeness (QED) is 0.742. The maximum atomic E-state index is 12.6. The molecule has 0 unspecified atom stereocenters. The van der Waals surface area contributed by atoms with Crippen LogP contribution in [0, 0.1) is 0 Å². The van der Waals surface area contributed by atoms with Gasteiger partial charge in [0.05, 0.1) is 11.0 Å². The summed E-state index contributed by atoms with van der Waals surface area (Å²) >= 11 is 0. The molecule has 0 saturated carbocycles. The number of hydrogen-bond donors (Lipinski definition) is 2. The molecule has 0 spiro atoms. The van der Waals surface area contributed by atoms with Crippen LogP contribution >= 0.6 is 0 Å². The minimum absolute atomic E-state index is 0.0687. The molecule has 1 aliphatic rings. The molecule has 0 bridgehead atoms. The lowest BCUT2D eigenvalue weighted by atomic mass is 10.0. The van der Waals surface area contributed by atoms with Gasteiger partial charge >= 0.3 is 0 Å². The average Bonchev–Trinajstić information content (AvgIpc) is 3.20. The number of sulfonamides is 1. The molecule has 6 nitrogen and oxygen atoms in total. The van der Waals surface area contributed by atoms with Gasteiger partial charge in [0.15, 0.2) is 0 Å². The van der Waals surface area contributed by atoms with Gasteiger partial charge in [0.25, 0.3) is 5.91 Å². The fraction of sp³-hybridized carbons (Fsp3) is 0.381. The fourth-order valence-electron chi connectivity index (χ4n) is 3.19. The highest BCUT2D eigenvalue weighted by Gasteiger charge is 2.20. The highest BCUT2D eigenvalue weighted by atomic mass is 32.2. The predicted molar refractivity (Wildman–Crippen MR) is 109 cm³/mol. The van der Waals surface area contributed by atoms with Gasteiger partial charge in [-0.15, -0.1) is 0 Å². The third-order valence-electron chi connectivity index (χ3n) is 4.78. The zero-order chi connectivity index (χ0) is 20.1. The number of para-hydroxylation sites is 1. The van der Waals surface area contributed by atoms with Gasteiger partial charge in [0.1, 0.15) is 0 Å². The van der Waals surface area contributed by atoms with Crippen LogP contribution in [0.25, 0.3) is 0 Å². The first-order chi connectivity index (χ1) is 13.4. The molecule has 0 aromatic heterocycles. The molecule has 1 fully saturated rings. The summed E-state index contributed by atoms with van der Waals surface area (Å²) in [6, 6.07) is 13.6. The monoisotopic (exact) mass is 402 g/mol. The average molecular weight is 403 g/mol. The maximum absolute atomic E-state index is 12.6. The van der Waals surface area contributed by atoms with Gasteiger partial charge in [0.2, 0.25) is 10.0 Å². The molecule has 28 heavy (non-hydrogen) atoms. The van der Waals surface area contributed by atoms with Crippen molar-refractivity contribution in [2.45, 2.75) is 43.6 Å². The first-order valence-electron chi connectivity index (χ1n) is 9.48. The second-order valence-electron chi connectivity index (χ2n) is 7.21.